The van der Waals surface area contributed by atoms with E-state index in [2.05, 4.69) is 43.2 Å². The number of fused-ring (bicyclic) bond motifs is 3. The lowest BCUT2D eigenvalue weighted by Crippen LogP contribution is -2.57. The van der Waals surface area contributed by atoms with E-state index in [0.717, 1.165) is 43.3 Å². The molecule has 9 nitrogen and oxygen atoms in total. The summed E-state index contributed by atoms with van der Waals surface area (Å²) in [5, 5.41) is 7.70. The summed E-state index contributed by atoms with van der Waals surface area (Å²) in [6, 6.07) is 20.5. The highest BCUT2D eigenvalue weighted by Crippen LogP contribution is 2.61. The Bertz CT molecular complexity index is 1910. The fourth-order valence-electron chi connectivity index (χ4n) is 8.15. The lowest BCUT2D eigenvalue weighted by molar-refractivity contribution is -0.108. The molecule has 4 aliphatic rings. The molecule has 10 heteroatoms. The van der Waals surface area contributed by atoms with Crippen LogP contribution in [-0.4, -0.2) is 59.2 Å². The molecule has 5 atom stereocenters. The molecule has 3 aliphatic carbocycles. The first-order valence-electron chi connectivity index (χ1n) is 17.5. The van der Waals surface area contributed by atoms with E-state index in [4.69, 9.17) is 19.5 Å². The van der Waals surface area contributed by atoms with E-state index in [1.807, 2.05) is 48.5 Å². The van der Waals surface area contributed by atoms with Crippen molar-refractivity contribution in [1.82, 2.24) is 19.8 Å². The predicted molar refractivity (Wildman–Crippen MR) is 192 cm³/mol. The largest absolute Gasteiger partial charge is 0.497 e. The summed E-state index contributed by atoms with van der Waals surface area (Å²) in [4.78, 5) is 26.8. The van der Waals surface area contributed by atoms with Gasteiger partial charge in [0.15, 0.2) is 23.4 Å². The fraction of sp³-hybridized carbons (Fsp3) is 0.462. The second-order valence-corrected chi connectivity index (χ2v) is 14.6. The van der Waals surface area contributed by atoms with Crippen molar-refractivity contribution < 1.29 is 13.9 Å². The van der Waals surface area contributed by atoms with E-state index < -0.39 is 5.82 Å². The second-order valence-electron chi connectivity index (χ2n) is 14.6. The molecule has 4 aromatic rings. The Kier molecular flexibility index (Phi) is 9.09. The maximum Gasteiger partial charge on any atom is 0.261 e. The Morgan fingerprint density at radius 1 is 1.10 bits per heavy atom. The second kappa shape index (κ2) is 13.5. The van der Waals surface area contributed by atoms with Gasteiger partial charge >= 0.3 is 0 Å². The number of piperazine rings is 1. The lowest BCUT2D eigenvalue weighted by Gasteiger charge is -2.61. The van der Waals surface area contributed by atoms with Gasteiger partial charge in [0, 0.05) is 37.4 Å². The third-order valence-corrected chi connectivity index (χ3v) is 11.2. The number of hydrogen-bond donors (Lipinski definition) is 2. The van der Waals surface area contributed by atoms with E-state index in [9.17, 15) is 9.18 Å². The summed E-state index contributed by atoms with van der Waals surface area (Å²) >= 11 is 0. The number of benzene rings is 3. The van der Waals surface area contributed by atoms with Crippen molar-refractivity contribution in [2.45, 2.75) is 65.8 Å². The molecular formula is C39H47FN6O3. The zero-order valence-electron chi connectivity index (χ0n) is 29.1. The van der Waals surface area contributed by atoms with Gasteiger partial charge in [-0.15, -0.1) is 0 Å². The molecular weight excluding hydrogens is 619 g/mol. The Hall–Kier alpha value is -4.44. The van der Waals surface area contributed by atoms with E-state index in [1.54, 1.807) is 10.6 Å². The van der Waals surface area contributed by atoms with E-state index in [1.165, 1.54) is 25.7 Å². The number of nitrogens with one attached hydrogen (secondary N) is 2. The number of aromatic nitrogens is 2. The lowest BCUT2D eigenvalue weighted by atomic mass is 9.45. The van der Waals surface area contributed by atoms with Gasteiger partial charge in [-0.1, -0.05) is 51.1 Å². The molecule has 8 rings (SSSR count). The van der Waals surface area contributed by atoms with Gasteiger partial charge in [0.05, 0.1) is 30.6 Å². The number of anilines is 1. The first-order chi connectivity index (χ1) is 23.6. The maximum atomic E-state index is 14.8. The minimum atomic E-state index is -0.550. The molecule has 0 unspecified atom stereocenters. The topological polar surface area (TPSA) is 93.0 Å². The standard InChI is InChI=1S/C39H47FN6O3/c1-24-21-45(16-15-41-24)38(44-33-18-27-17-31(25(33)2)39(27,3)4)42-28-11-13-30-34(19-28)43-36(23-49-35-14-12-29(48-5)20-32(35)40)46(37(30)47)22-26-9-7-6-8-10-26/h6-14,19-20,24-25,27,31,33,41H,15-18,21-23H2,1-5H3,(H,42,44)/t24-,25-,27-,31+,33-/m0/s1. The van der Waals surface area contributed by atoms with Crippen molar-refractivity contribution in [3.63, 3.8) is 0 Å². The van der Waals surface area contributed by atoms with Crippen LogP contribution in [0.15, 0.2) is 76.5 Å². The monoisotopic (exact) mass is 666 g/mol. The number of aliphatic imine (C=N–C) groups is 1. The van der Waals surface area contributed by atoms with Crippen LogP contribution in [-0.2, 0) is 13.2 Å². The van der Waals surface area contributed by atoms with Crippen LogP contribution >= 0.6 is 0 Å². The van der Waals surface area contributed by atoms with Crippen LogP contribution in [0.4, 0.5) is 10.1 Å². The smallest absolute Gasteiger partial charge is 0.261 e. The van der Waals surface area contributed by atoms with Gasteiger partial charge in [0.1, 0.15) is 12.4 Å². The summed E-state index contributed by atoms with van der Waals surface area (Å²) in [6.07, 6.45) is 2.42. The highest BCUT2D eigenvalue weighted by molar-refractivity contribution is 5.96. The molecule has 1 saturated heterocycles. The minimum absolute atomic E-state index is 0.0564. The minimum Gasteiger partial charge on any atom is -0.497 e. The Morgan fingerprint density at radius 3 is 2.63 bits per heavy atom. The number of methoxy groups -OCH3 is 1. The van der Waals surface area contributed by atoms with Gasteiger partial charge in [-0.2, -0.15) is 0 Å². The van der Waals surface area contributed by atoms with Crippen LogP contribution in [0.5, 0.6) is 11.5 Å². The van der Waals surface area contributed by atoms with Crippen molar-refractivity contribution in [1.29, 1.82) is 0 Å². The molecule has 258 valence electrons. The van der Waals surface area contributed by atoms with Crippen LogP contribution in [0.3, 0.4) is 0 Å². The van der Waals surface area contributed by atoms with Crippen LogP contribution in [0.1, 0.15) is 51.9 Å². The quantitative estimate of drug-likeness (QED) is 0.168. The molecule has 3 aromatic carbocycles. The van der Waals surface area contributed by atoms with Crippen molar-refractivity contribution in [2.75, 3.05) is 32.1 Å². The first kappa shape index (κ1) is 33.1. The molecule has 2 heterocycles. The average Bonchev–Trinajstić information content (AvgIpc) is 3.09. The molecule has 3 saturated carbocycles. The molecule has 0 amide bonds. The van der Waals surface area contributed by atoms with Gasteiger partial charge in [-0.25, -0.2) is 14.4 Å². The highest BCUT2D eigenvalue weighted by Gasteiger charge is 2.56. The fourth-order valence-corrected chi connectivity index (χ4v) is 8.15. The molecule has 49 heavy (non-hydrogen) atoms. The molecule has 2 N–H and O–H groups in total. The summed E-state index contributed by atoms with van der Waals surface area (Å²) < 4.78 is 27.5. The van der Waals surface area contributed by atoms with Crippen LogP contribution in [0, 0.1) is 29.0 Å². The Balaban J connectivity index is 1.22. The van der Waals surface area contributed by atoms with Gasteiger partial charge in [-0.3, -0.25) is 9.36 Å². The summed E-state index contributed by atoms with van der Waals surface area (Å²) in [6.45, 7) is 12.2. The molecule has 0 radical (unpaired) electrons. The average molecular weight is 667 g/mol. The number of hydrogen-bond acceptors (Lipinski definition) is 6. The van der Waals surface area contributed by atoms with Crippen LogP contribution < -0.4 is 25.7 Å². The maximum absolute atomic E-state index is 14.8. The zero-order chi connectivity index (χ0) is 34.3. The number of ether oxygens (including phenoxy) is 2. The van der Waals surface area contributed by atoms with E-state index in [0.29, 0.717) is 58.2 Å². The summed E-state index contributed by atoms with van der Waals surface area (Å²) in [5.74, 6) is 3.09. The third kappa shape index (κ3) is 6.63. The predicted octanol–water partition coefficient (Wildman–Crippen LogP) is 6.30. The van der Waals surface area contributed by atoms with E-state index in [-0.39, 0.29) is 24.0 Å². The van der Waals surface area contributed by atoms with Crippen LogP contribution in [0.2, 0.25) is 0 Å². The molecule has 4 fully saturated rings. The number of rotatable bonds is 8. The van der Waals surface area contributed by atoms with Crippen molar-refractivity contribution >= 4 is 22.5 Å². The zero-order valence-corrected chi connectivity index (χ0v) is 29.1. The molecule has 0 spiro atoms. The third-order valence-electron chi connectivity index (χ3n) is 11.2. The molecule has 1 aromatic heterocycles. The van der Waals surface area contributed by atoms with Crippen molar-refractivity contribution in [3.8, 4) is 11.5 Å². The van der Waals surface area contributed by atoms with Gasteiger partial charge in [0.2, 0.25) is 0 Å². The first-order valence-corrected chi connectivity index (χ1v) is 17.5. The highest BCUT2D eigenvalue weighted by atomic mass is 19.1. The van der Waals surface area contributed by atoms with Gasteiger partial charge in [0.25, 0.3) is 5.56 Å². The summed E-state index contributed by atoms with van der Waals surface area (Å²) in [5.41, 5.74) is 2.50. The summed E-state index contributed by atoms with van der Waals surface area (Å²) in [7, 11) is 1.48. The van der Waals surface area contributed by atoms with Crippen LogP contribution in [0.25, 0.3) is 10.9 Å². The van der Waals surface area contributed by atoms with Crippen molar-refractivity contribution in [2.24, 2.45) is 28.2 Å². The molecule has 2 bridgehead atoms. The van der Waals surface area contributed by atoms with Crippen molar-refractivity contribution in [3.05, 3.63) is 94.3 Å². The molecule has 1 aliphatic heterocycles. The SMILES string of the molecule is COc1ccc(OCc2nc3cc(NC(=N[C@H]4C[C@@H]5C[C@H]([C@@H]4C)C5(C)C)N4CCN[C@@H](C)C4)ccc3c(=O)n2Cc2ccccc2)c(F)c1. The van der Waals surface area contributed by atoms with Gasteiger partial charge < -0.3 is 25.0 Å². The van der Waals surface area contributed by atoms with Gasteiger partial charge in [-0.05, 0) is 78.8 Å². The Labute approximate surface area is 287 Å². The number of guanidine groups is 1. The Morgan fingerprint density at radius 2 is 1.92 bits per heavy atom. The number of nitrogens with zero attached hydrogens (tertiary/aromatic N) is 4. The number of halogens is 1. The van der Waals surface area contributed by atoms with E-state index >= 15 is 0 Å². The normalized spacial score (nSPS) is 24.7.